The third-order valence-electron chi connectivity index (χ3n) is 2.10. The second-order valence-electron chi connectivity index (χ2n) is 2.70. The van der Waals surface area contributed by atoms with Gasteiger partial charge in [0.15, 0.2) is 0 Å². The maximum Gasteiger partial charge on any atom is 0.222 e. The largest absolute Gasteiger partial charge is 0.342 e. The molecule has 0 saturated carbocycles. The first-order valence-corrected chi connectivity index (χ1v) is 3.40. The van der Waals surface area contributed by atoms with Gasteiger partial charge in [-0.1, -0.05) is 0 Å². The molecule has 0 aromatic rings. The Hall–Kier alpha value is -0.320. The first-order chi connectivity index (χ1) is 4.86. The topological polar surface area (TPSA) is 66.6 Å². The summed E-state index contributed by atoms with van der Waals surface area (Å²) in [6, 6.07) is 0. The molecule has 2 aliphatic heterocycles. The SMILES string of the molecule is Cl.NO.O=C1CC2CCN1C2. The van der Waals surface area contributed by atoms with E-state index in [1.54, 1.807) is 0 Å². The molecule has 3 N–H and O–H groups in total. The van der Waals surface area contributed by atoms with Gasteiger partial charge in [0.25, 0.3) is 0 Å². The summed E-state index contributed by atoms with van der Waals surface area (Å²) < 4.78 is 0. The van der Waals surface area contributed by atoms with Crippen molar-refractivity contribution in [2.45, 2.75) is 12.8 Å². The number of amides is 1. The van der Waals surface area contributed by atoms with Crippen LogP contribution in [0.1, 0.15) is 12.8 Å². The average molecular weight is 181 g/mol. The highest BCUT2D eigenvalue weighted by Gasteiger charge is 2.34. The molecule has 1 atom stereocenters. The van der Waals surface area contributed by atoms with E-state index in [2.05, 4.69) is 5.90 Å². The van der Waals surface area contributed by atoms with Gasteiger partial charge in [0.2, 0.25) is 5.91 Å². The van der Waals surface area contributed by atoms with E-state index in [9.17, 15) is 4.79 Å². The zero-order valence-corrected chi connectivity index (χ0v) is 7.01. The molecular weight excluding hydrogens is 168 g/mol. The van der Waals surface area contributed by atoms with Crippen LogP contribution in [0.25, 0.3) is 0 Å². The van der Waals surface area contributed by atoms with Crippen LogP contribution in [-0.4, -0.2) is 29.1 Å². The van der Waals surface area contributed by atoms with E-state index in [4.69, 9.17) is 5.21 Å². The van der Waals surface area contributed by atoms with E-state index in [-0.39, 0.29) is 12.4 Å². The molecular formula is C6H13ClN2O2. The predicted molar refractivity (Wildman–Crippen MR) is 42.5 cm³/mol. The average Bonchev–Trinajstić information content (AvgIpc) is 2.52. The van der Waals surface area contributed by atoms with Gasteiger partial charge in [-0.2, -0.15) is 0 Å². The summed E-state index contributed by atoms with van der Waals surface area (Å²) in [7, 11) is 0. The molecule has 5 heteroatoms. The third kappa shape index (κ3) is 2.05. The Labute approximate surface area is 71.7 Å². The predicted octanol–water partition coefficient (Wildman–Crippen LogP) is -0.00530. The van der Waals surface area contributed by atoms with Gasteiger partial charge in [-0.05, 0) is 12.3 Å². The monoisotopic (exact) mass is 180 g/mol. The molecule has 2 aliphatic rings. The summed E-state index contributed by atoms with van der Waals surface area (Å²) in [5, 5.41) is 6.50. The van der Waals surface area contributed by atoms with Crippen molar-refractivity contribution in [1.82, 2.24) is 4.90 Å². The Balaban J connectivity index is 0.000000311. The molecule has 66 valence electrons. The van der Waals surface area contributed by atoms with Crippen LogP contribution in [0.5, 0.6) is 0 Å². The van der Waals surface area contributed by atoms with Crippen molar-refractivity contribution < 1.29 is 10.0 Å². The molecule has 0 spiro atoms. The minimum Gasteiger partial charge on any atom is -0.342 e. The summed E-state index contributed by atoms with van der Waals surface area (Å²) in [5.41, 5.74) is 0. The lowest BCUT2D eigenvalue weighted by atomic mass is 10.1. The van der Waals surface area contributed by atoms with Crippen molar-refractivity contribution >= 4 is 18.3 Å². The van der Waals surface area contributed by atoms with Crippen molar-refractivity contribution in [3.8, 4) is 0 Å². The Kier molecular flexibility index (Phi) is 4.40. The zero-order valence-electron chi connectivity index (χ0n) is 6.19. The highest BCUT2D eigenvalue weighted by molar-refractivity contribution is 5.85. The van der Waals surface area contributed by atoms with Crippen molar-refractivity contribution in [2.75, 3.05) is 13.1 Å². The van der Waals surface area contributed by atoms with Gasteiger partial charge >= 0.3 is 0 Å². The van der Waals surface area contributed by atoms with E-state index in [0.717, 1.165) is 25.4 Å². The van der Waals surface area contributed by atoms with Gasteiger partial charge in [0.1, 0.15) is 0 Å². The molecule has 1 unspecified atom stereocenters. The van der Waals surface area contributed by atoms with Gasteiger partial charge in [-0.15, -0.1) is 12.4 Å². The maximum atomic E-state index is 10.8. The number of hydrogen-bond donors (Lipinski definition) is 2. The van der Waals surface area contributed by atoms with Gasteiger partial charge in [-0.25, -0.2) is 5.90 Å². The molecule has 2 saturated heterocycles. The van der Waals surface area contributed by atoms with Crippen LogP contribution in [0.15, 0.2) is 0 Å². The second-order valence-corrected chi connectivity index (χ2v) is 2.70. The molecule has 0 aromatic carbocycles. The van der Waals surface area contributed by atoms with Crippen LogP contribution in [-0.2, 0) is 4.79 Å². The zero-order chi connectivity index (χ0) is 7.56. The standard InChI is InChI=1S/C6H9NO.ClH.H3NO/c8-6-3-5-1-2-7(6)4-5;;1-2/h5H,1-4H2;1H;2H,1H2. The number of nitrogens with two attached hydrogens (primary N) is 1. The number of carbonyl (C=O) groups excluding carboxylic acids is 1. The Bertz CT molecular complexity index is 143. The van der Waals surface area contributed by atoms with Gasteiger partial charge < -0.3 is 10.1 Å². The fourth-order valence-corrected chi connectivity index (χ4v) is 1.60. The first-order valence-electron chi connectivity index (χ1n) is 3.40. The van der Waals surface area contributed by atoms with Crippen molar-refractivity contribution in [3.63, 3.8) is 0 Å². The lowest BCUT2D eigenvalue weighted by molar-refractivity contribution is -0.128. The Morgan fingerprint density at radius 2 is 2.18 bits per heavy atom. The molecule has 1 amide bonds. The molecule has 2 fully saturated rings. The molecule has 0 radical (unpaired) electrons. The summed E-state index contributed by atoms with van der Waals surface area (Å²) in [6.45, 7) is 2.09. The number of hydrogen-bond acceptors (Lipinski definition) is 3. The molecule has 2 bridgehead atoms. The number of halogens is 1. The lowest BCUT2D eigenvalue weighted by Gasteiger charge is -2.10. The second kappa shape index (κ2) is 4.54. The van der Waals surface area contributed by atoms with E-state index >= 15 is 0 Å². The minimum absolute atomic E-state index is 0. The lowest BCUT2D eigenvalue weighted by Crippen LogP contribution is -2.23. The van der Waals surface area contributed by atoms with E-state index in [1.807, 2.05) is 4.90 Å². The summed E-state index contributed by atoms with van der Waals surface area (Å²) in [4.78, 5) is 12.7. The number of fused-ring (bicyclic) bond motifs is 2. The van der Waals surface area contributed by atoms with E-state index in [1.165, 1.54) is 6.42 Å². The Morgan fingerprint density at radius 3 is 2.36 bits per heavy atom. The third-order valence-corrected chi connectivity index (χ3v) is 2.10. The van der Waals surface area contributed by atoms with Crippen LogP contribution < -0.4 is 5.90 Å². The van der Waals surface area contributed by atoms with Crippen molar-refractivity contribution in [2.24, 2.45) is 11.8 Å². The number of carbonyl (C=O) groups is 1. The normalized spacial score (nSPS) is 25.8. The number of nitrogens with zero attached hydrogens (tertiary/aromatic N) is 1. The van der Waals surface area contributed by atoms with Crippen LogP contribution in [0, 0.1) is 5.92 Å². The molecule has 0 aromatic heterocycles. The maximum absolute atomic E-state index is 10.8. The number of rotatable bonds is 0. The molecule has 2 heterocycles. The summed E-state index contributed by atoms with van der Waals surface area (Å²) in [6.07, 6.45) is 2.09. The van der Waals surface area contributed by atoms with Gasteiger partial charge in [-0.3, -0.25) is 4.79 Å². The van der Waals surface area contributed by atoms with E-state index < -0.39 is 0 Å². The van der Waals surface area contributed by atoms with Gasteiger partial charge in [0.05, 0.1) is 0 Å². The molecule has 11 heavy (non-hydrogen) atoms. The van der Waals surface area contributed by atoms with Crippen LogP contribution >= 0.6 is 12.4 Å². The molecule has 0 aliphatic carbocycles. The van der Waals surface area contributed by atoms with Crippen molar-refractivity contribution in [1.29, 1.82) is 0 Å². The van der Waals surface area contributed by atoms with Gasteiger partial charge in [0, 0.05) is 19.5 Å². The fourth-order valence-electron chi connectivity index (χ4n) is 1.60. The highest BCUT2D eigenvalue weighted by atomic mass is 35.5. The minimum atomic E-state index is 0. The Morgan fingerprint density at radius 1 is 1.55 bits per heavy atom. The van der Waals surface area contributed by atoms with E-state index in [0.29, 0.717) is 5.91 Å². The molecule has 2 rings (SSSR count). The van der Waals surface area contributed by atoms with Crippen LogP contribution in [0.2, 0.25) is 0 Å². The fraction of sp³-hybridized carbons (Fsp3) is 0.833. The number of piperidine rings is 1. The quantitative estimate of drug-likeness (QED) is 0.516. The summed E-state index contributed by atoms with van der Waals surface area (Å²) in [5.74, 6) is 4.60. The van der Waals surface area contributed by atoms with Crippen LogP contribution in [0.4, 0.5) is 0 Å². The molecule has 4 nitrogen and oxygen atoms in total. The summed E-state index contributed by atoms with van der Waals surface area (Å²) >= 11 is 0. The van der Waals surface area contributed by atoms with Crippen LogP contribution in [0.3, 0.4) is 0 Å². The smallest absolute Gasteiger partial charge is 0.222 e. The highest BCUT2D eigenvalue weighted by Crippen LogP contribution is 2.27. The first kappa shape index (κ1) is 10.7. The van der Waals surface area contributed by atoms with Crippen molar-refractivity contribution in [3.05, 3.63) is 0 Å².